The number of nitrogens with one attached hydrogen (secondary N) is 1. The molecule has 0 aliphatic heterocycles. The summed E-state index contributed by atoms with van der Waals surface area (Å²) in [7, 11) is 3.33. The summed E-state index contributed by atoms with van der Waals surface area (Å²) < 4.78 is 10.2. The number of para-hydroxylation sites is 1. The van der Waals surface area contributed by atoms with Crippen LogP contribution in [-0.4, -0.2) is 33.3 Å². The fourth-order valence-electron chi connectivity index (χ4n) is 1.85. The van der Waals surface area contributed by atoms with Gasteiger partial charge in [-0.3, -0.25) is 4.79 Å². The number of unbranched alkanes of at least 4 members (excludes halogenated alkanes) is 1. The Labute approximate surface area is 115 Å². The number of aryl methyl sites for hydroxylation is 1. The Morgan fingerprint density at radius 3 is 2.74 bits per heavy atom. The molecule has 1 rings (SSSR count). The Kier molecular flexibility index (Phi) is 7.66. The highest BCUT2D eigenvalue weighted by Crippen LogP contribution is 2.18. The third-order valence-corrected chi connectivity index (χ3v) is 2.91. The van der Waals surface area contributed by atoms with Crippen molar-refractivity contribution in [1.29, 1.82) is 0 Å². The quantitative estimate of drug-likeness (QED) is 0.696. The summed E-state index contributed by atoms with van der Waals surface area (Å²) >= 11 is 0. The molecule has 1 aromatic carbocycles. The summed E-state index contributed by atoms with van der Waals surface area (Å²) in [4.78, 5) is 11.7. The Morgan fingerprint density at radius 1 is 1.21 bits per heavy atom. The minimum absolute atomic E-state index is 0.0864. The summed E-state index contributed by atoms with van der Waals surface area (Å²) in [6.45, 7) is 1.46. The van der Waals surface area contributed by atoms with Crippen LogP contribution in [0.25, 0.3) is 0 Å². The van der Waals surface area contributed by atoms with Crippen LogP contribution in [0.5, 0.6) is 5.75 Å². The maximum atomic E-state index is 11.7. The third-order valence-electron chi connectivity index (χ3n) is 2.91. The number of carbonyl (C=O) groups excluding carboxylic acids is 1. The number of carbonyl (C=O) groups is 1. The molecule has 0 aromatic heterocycles. The summed E-state index contributed by atoms with van der Waals surface area (Å²) in [6, 6.07) is 7.79. The monoisotopic (exact) mass is 265 g/mol. The van der Waals surface area contributed by atoms with Gasteiger partial charge in [0.05, 0.1) is 7.11 Å². The number of methoxy groups -OCH3 is 2. The maximum Gasteiger partial charge on any atom is 0.220 e. The van der Waals surface area contributed by atoms with Crippen LogP contribution in [0.15, 0.2) is 24.3 Å². The molecule has 0 saturated carbocycles. The van der Waals surface area contributed by atoms with E-state index in [2.05, 4.69) is 5.32 Å². The lowest BCUT2D eigenvalue weighted by Crippen LogP contribution is -2.24. The van der Waals surface area contributed by atoms with E-state index in [1.54, 1.807) is 14.2 Å². The second kappa shape index (κ2) is 9.39. The van der Waals surface area contributed by atoms with Crippen molar-refractivity contribution >= 4 is 5.91 Å². The predicted octanol–water partition coefficient (Wildman–Crippen LogP) is 2.17. The molecule has 0 atom stereocenters. The molecular weight excluding hydrogens is 242 g/mol. The molecule has 4 nitrogen and oxygen atoms in total. The van der Waals surface area contributed by atoms with Gasteiger partial charge in [-0.25, -0.2) is 0 Å². The van der Waals surface area contributed by atoms with E-state index in [0.717, 1.165) is 30.8 Å². The normalized spacial score (nSPS) is 10.2. The number of benzene rings is 1. The van der Waals surface area contributed by atoms with Crippen LogP contribution in [0.1, 0.15) is 24.8 Å². The Morgan fingerprint density at radius 2 is 2.00 bits per heavy atom. The fourth-order valence-corrected chi connectivity index (χ4v) is 1.85. The van der Waals surface area contributed by atoms with Gasteiger partial charge in [0.15, 0.2) is 0 Å². The summed E-state index contributed by atoms with van der Waals surface area (Å²) in [5.74, 6) is 0.929. The molecule has 0 heterocycles. The molecule has 0 spiro atoms. The van der Waals surface area contributed by atoms with Gasteiger partial charge in [0, 0.05) is 26.7 Å². The molecule has 0 aliphatic rings. The van der Waals surface area contributed by atoms with Crippen molar-refractivity contribution in [2.75, 3.05) is 27.4 Å². The molecule has 1 aromatic rings. The number of amides is 1. The summed E-state index contributed by atoms with van der Waals surface area (Å²) in [5.41, 5.74) is 1.07. The first kappa shape index (κ1) is 15.5. The Hall–Kier alpha value is -1.55. The number of hydrogen-bond donors (Lipinski definition) is 1. The SMILES string of the molecule is COCCCCNC(=O)CCc1ccccc1OC. The largest absolute Gasteiger partial charge is 0.496 e. The van der Waals surface area contributed by atoms with Gasteiger partial charge in [0.1, 0.15) is 5.75 Å². The molecule has 0 unspecified atom stereocenters. The van der Waals surface area contributed by atoms with Gasteiger partial charge < -0.3 is 14.8 Å². The first-order valence-corrected chi connectivity index (χ1v) is 6.65. The molecule has 1 N–H and O–H groups in total. The van der Waals surface area contributed by atoms with Gasteiger partial charge in [-0.1, -0.05) is 18.2 Å². The van der Waals surface area contributed by atoms with Crippen LogP contribution in [0.4, 0.5) is 0 Å². The molecule has 0 aliphatic carbocycles. The van der Waals surface area contributed by atoms with E-state index in [0.29, 0.717) is 19.4 Å². The van der Waals surface area contributed by atoms with E-state index < -0.39 is 0 Å². The van der Waals surface area contributed by atoms with Crippen molar-refractivity contribution in [2.45, 2.75) is 25.7 Å². The van der Waals surface area contributed by atoms with Gasteiger partial charge in [-0.05, 0) is 30.9 Å². The van der Waals surface area contributed by atoms with E-state index in [1.165, 1.54) is 0 Å². The lowest BCUT2D eigenvalue weighted by molar-refractivity contribution is -0.121. The lowest BCUT2D eigenvalue weighted by atomic mass is 10.1. The topological polar surface area (TPSA) is 47.6 Å². The molecule has 0 bridgehead atoms. The zero-order valence-electron chi connectivity index (χ0n) is 11.8. The molecular formula is C15H23NO3. The zero-order chi connectivity index (χ0) is 13.9. The first-order valence-electron chi connectivity index (χ1n) is 6.65. The van der Waals surface area contributed by atoms with Crippen molar-refractivity contribution in [3.63, 3.8) is 0 Å². The summed E-state index contributed by atoms with van der Waals surface area (Å²) in [6.07, 6.45) is 3.12. The molecule has 19 heavy (non-hydrogen) atoms. The van der Waals surface area contributed by atoms with Gasteiger partial charge in [-0.2, -0.15) is 0 Å². The van der Waals surface area contributed by atoms with Crippen LogP contribution in [0, 0.1) is 0 Å². The molecule has 0 saturated heterocycles. The highest BCUT2D eigenvalue weighted by atomic mass is 16.5. The average molecular weight is 265 g/mol. The van der Waals surface area contributed by atoms with Crippen LogP contribution < -0.4 is 10.1 Å². The third kappa shape index (κ3) is 6.25. The van der Waals surface area contributed by atoms with Crippen molar-refractivity contribution in [2.24, 2.45) is 0 Å². The molecule has 1 amide bonds. The highest BCUT2D eigenvalue weighted by molar-refractivity contribution is 5.76. The first-order chi connectivity index (χ1) is 9.27. The molecule has 0 radical (unpaired) electrons. The molecule has 4 heteroatoms. The van der Waals surface area contributed by atoms with Gasteiger partial charge in [0.25, 0.3) is 0 Å². The molecule has 0 fully saturated rings. The minimum atomic E-state index is 0.0864. The number of ether oxygens (including phenoxy) is 2. The maximum absolute atomic E-state index is 11.7. The predicted molar refractivity (Wildman–Crippen MR) is 75.4 cm³/mol. The summed E-state index contributed by atoms with van der Waals surface area (Å²) in [5, 5.41) is 2.91. The number of rotatable bonds is 9. The van der Waals surface area contributed by atoms with Crippen LogP contribution in [-0.2, 0) is 16.0 Å². The van der Waals surface area contributed by atoms with E-state index in [1.807, 2.05) is 24.3 Å². The van der Waals surface area contributed by atoms with Crippen LogP contribution >= 0.6 is 0 Å². The second-order valence-electron chi connectivity index (χ2n) is 4.36. The molecule has 106 valence electrons. The van der Waals surface area contributed by atoms with E-state index >= 15 is 0 Å². The van der Waals surface area contributed by atoms with Gasteiger partial charge in [-0.15, -0.1) is 0 Å². The van der Waals surface area contributed by atoms with Crippen LogP contribution in [0.2, 0.25) is 0 Å². The fraction of sp³-hybridized carbons (Fsp3) is 0.533. The average Bonchev–Trinajstić information content (AvgIpc) is 2.45. The van der Waals surface area contributed by atoms with Crippen molar-refractivity contribution in [3.05, 3.63) is 29.8 Å². The lowest BCUT2D eigenvalue weighted by Gasteiger charge is -2.08. The second-order valence-corrected chi connectivity index (χ2v) is 4.36. The minimum Gasteiger partial charge on any atom is -0.496 e. The number of hydrogen-bond acceptors (Lipinski definition) is 3. The van der Waals surface area contributed by atoms with Crippen molar-refractivity contribution in [1.82, 2.24) is 5.32 Å². The van der Waals surface area contributed by atoms with E-state index in [4.69, 9.17) is 9.47 Å². The van der Waals surface area contributed by atoms with Gasteiger partial charge in [0.2, 0.25) is 5.91 Å². The highest BCUT2D eigenvalue weighted by Gasteiger charge is 2.05. The zero-order valence-corrected chi connectivity index (χ0v) is 11.8. The van der Waals surface area contributed by atoms with Crippen LogP contribution in [0.3, 0.4) is 0 Å². The van der Waals surface area contributed by atoms with Crippen molar-refractivity contribution in [3.8, 4) is 5.75 Å². The standard InChI is InChI=1S/C15H23NO3/c1-18-12-6-5-11-16-15(17)10-9-13-7-3-4-8-14(13)19-2/h3-4,7-8H,5-6,9-12H2,1-2H3,(H,16,17). The Bertz CT molecular complexity index is 379. The van der Waals surface area contributed by atoms with E-state index in [-0.39, 0.29) is 5.91 Å². The van der Waals surface area contributed by atoms with E-state index in [9.17, 15) is 4.79 Å². The van der Waals surface area contributed by atoms with Crippen molar-refractivity contribution < 1.29 is 14.3 Å². The van der Waals surface area contributed by atoms with Gasteiger partial charge >= 0.3 is 0 Å². The Balaban J connectivity index is 2.22. The smallest absolute Gasteiger partial charge is 0.220 e.